The van der Waals surface area contributed by atoms with Crippen LogP contribution in [0.2, 0.25) is 0 Å². The highest BCUT2D eigenvalue weighted by Crippen LogP contribution is 2.59. The first-order chi connectivity index (χ1) is 11.4. The molecule has 2 aliphatic rings. The van der Waals surface area contributed by atoms with E-state index < -0.39 is 10.0 Å². The molecule has 0 aromatic rings. The van der Waals surface area contributed by atoms with E-state index in [-0.39, 0.29) is 47.7 Å². The number of morpholine rings is 1. The molecule has 1 amide bonds. The predicted molar refractivity (Wildman–Crippen MR) is 98.6 cm³/mol. The lowest BCUT2D eigenvalue weighted by Crippen LogP contribution is -2.49. The highest BCUT2D eigenvalue weighted by atomic mass is 32.2. The molecule has 0 unspecified atom stereocenters. The van der Waals surface area contributed by atoms with Crippen LogP contribution >= 0.6 is 0 Å². The van der Waals surface area contributed by atoms with Gasteiger partial charge in [0.1, 0.15) is 0 Å². The Morgan fingerprint density at radius 2 is 1.80 bits per heavy atom. The lowest BCUT2D eigenvalue weighted by atomic mass is 10.1. The van der Waals surface area contributed by atoms with Gasteiger partial charge in [-0.15, -0.1) is 0 Å². The van der Waals surface area contributed by atoms with Crippen molar-refractivity contribution in [2.24, 2.45) is 17.3 Å². The lowest BCUT2D eigenvalue weighted by molar-refractivity contribution is -0.123. The fraction of sp³-hybridized carbons (Fsp3) is 0.833. The molecular weight excluding hydrogens is 340 g/mol. The first kappa shape index (κ1) is 20.4. The number of ether oxygens (including phenoxy) is 1. The summed E-state index contributed by atoms with van der Waals surface area (Å²) in [6.07, 6.45) is 1.92. The molecular formula is C18H32N2O4S. The number of sulfonamides is 1. The molecule has 0 spiro atoms. The zero-order valence-electron chi connectivity index (χ0n) is 16.2. The minimum atomic E-state index is -3.38. The SMILES string of the molecule is CC(C)=C[C@@H]1[C@@H](C(=O)NCCS(=O)(=O)N2C[C@@H](C)O[C@@H](C)C2)C1(C)C. The van der Waals surface area contributed by atoms with Crippen LogP contribution in [0.3, 0.4) is 0 Å². The van der Waals surface area contributed by atoms with Crippen LogP contribution < -0.4 is 5.32 Å². The van der Waals surface area contributed by atoms with E-state index in [0.29, 0.717) is 13.1 Å². The van der Waals surface area contributed by atoms with Crippen LogP contribution in [0.15, 0.2) is 11.6 Å². The second-order valence-corrected chi connectivity index (χ2v) is 10.3. The molecule has 1 saturated carbocycles. The Bertz CT molecular complexity index is 627. The third kappa shape index (κ3) is 4.83. The average molecular weight is 373 g/mol. The molecule has 25 heavy (non-hydrogen) atoms. The average Bonchev–Trinajstić information content (AvgIpc) is 2.97. The zero-order chi connectivity index (χ0) is 19.0. The van der Waals surface area contributed by atoms with Gasteiger partial charge in [0, 0.05) is 19.6 Å². The molecule has 0 aromatic carbocycles. The number of allylic oxidation sites excluding steroid dienone is 2. The number of carbonyl (C=O) groups is 1. The van der Waals surface area contributed by atoms with E-state index in [1.165, 1.54) is 9.88 Å². The first-order valence-electron chi connectivity index (χ1n) is 9.01. The smallest absolute Gasteiger partial charge is 0.224 e. The quantitative estimate of drug-likeness (QED) is 0.721. The van der Waals surface area contributed by atoms with Gasteiger partial charge in [0.15, 0.2) is 0 Å². The maximum absolute atomic E-state index is 12.5. The standard InChI is InChI=1S/C18H32N2O4S/c1-12(2)9-15-16(18(15,5)6)17(21)19-7-8-25(22,23)20-10-13(3)24-14(4)11-20/h9,13-16H,7-8,10-11H2,1-6H3,(H,19,21)/t13-,14+,15-,16+/m1/s1. The molecule has 0 bridgehead atoms. The van der Waals surface area contributed by atoms with Crippen molar-refractivity contribution >= 4 is 15.9 Å². The number of nitrogens with zero attached hydrogens (tertiary/aromatic N) is 1. The molecule has 1 aliphatic heterocycles. The molecule has 0 aromatic heterocycles. The minimum absolute atomic E-state index is 0.0496. The minimum Gasteiger partial charge on any atom is -0.373 e. The van der Waals surface area contributed by atoms with Gasteiger partial charge in [0.05, 0.1) is 23.9 Å². The van der Waals surface area contributed by atoms with Crippen molar-refractivity contribution in [2.45, 2.75) is 53.8 Å². The van der Waals surface area contributed by atoms with Crippen molar-refractivity contribution in [3.05, 3.63) is 11.6 Å². The summed E-state index contributed by atoms with van der Waals surface area (Å²) in [5, 5.41) is 2.82. The molecule has 2 fully saturated rings. The monoisotopic (exact) mass is 372 g/mol. The van der Waals surface area contributed by atoms with Crippen molar-refractivity contribution in [1.82, 2.24) is 9.62 Å². The Kier molecular flexibility index (Phi) is 6.01. The van der Waals surface area contributed by atoms with Gasteiger partial charge < -0.3 is 10.1 Å². The van der Waals surface area contributed by atoms with Gasteiger partial charge in [-0.2, -0.15) is 4.31 Å². The summed E-state index contributed by atoms with van der Waals surface area (Å²) in [5.74, 6) is 0.0357. The molecule has 1 saturated heterocycles. The third-order valence-corrected chi connectivity index (χ3v) is 6.95. The molecule has 7 heteroatoms. The summed E-state index contributed by atoms with van der Waals surface area (Å²) in [4.78, 5) is 12.4. The Morgan fingerprint density at radius 3 is 2.32 bits per heavy atom. The number of rotatable bonds is 6. The molecule has 2 rings (SSSR count). The number of carbonyl (C=O) groups excluding carboxylic acids is 1. The fourth-order valence-electron chi connectivity index (χ4n) is 3.75. The third-order valence-electron chi connectivity index (χ3n) is 5.14. The van der Waals surface area contributed by atoms with Crippen molar-refractivity contribution in [3.8, 4) is 0 Å². The molecule has 1 N–H and O–H groups in total. The first-order valence-corrected chi connectivity index (χ1v) is 10.6. The molecule has 1 heterocycles. The van der Waals surface area contributed by atoms with E-state index in [2.05, 4.69) is 25.2 Å². The fourth-order valence-corrected chi connectivity index (χ4v) is 5.24. The second-order valence-electron chi connectivity index (χ2n) is 8.25. The largest absolute Gasteiger partial charge is 0.373 e. The summed E-state index contributed by atoms with van der Waals surface area (Å²) in [5.41, 5.74) is 1.14. The highest BCUT2D eigenvalue weighted by Gasteiger charge is 2.60. The molecule has 6 nitrogen and oxygen atoms in total. The van der Waals surface area contributed by atoms with Crippen molar-refractivity contribution in [1.29, 1.82) is 0 Å². The van der Waals surface area contributed by atoms with E-state index >= 15 is 0 Å². The van der Waals surface area contributed by atoms with Gasteiger partial charge in [-0.25, -0.2) is 8.42 Å². The van der Waals surface area contributed by atoms with Crippen LogP contribution in [0.25, 0.3) is 0 Å². The highest BCUT2D eigenvalue weighted by molar-refractivity contribution is 7.89. The van der Waals surface area contributed by atoms with Gasteiger partial charge >= 0.3 is 0 Å². The summed E-state index contributed by atoms with van der Waals surface area (Å²) in [7, 11) is -3.38. The summed E-state index contributed by atoms with van der Waals surface area (Å²) in [6.45, 7) is 12.9. The summed E-state index contributed by atoms with van der Waals surface area (Å²) in [6, 6.07) is 0. The van der Waals surface area contributed by atoms with Gasteiger partial charge in [-0.3, -0.25) is 4.79 Å². The van der Waals surface area contributed by atoms with Crippen LogP contribution in [0.1, 0.15) is 41.5 Å². The van der Waals surface area contributed by atoms with Crippen LogP contribution in [-0.4, -0.2) is 56.2 Å². The normalized spacial score (nSPS) is 32.1. The van der Waals surface area contributed by atoms with Crippen LogP contribution in [0, 0.1) is 17.3 Å². The van der Waals surface area contributed by atoms with E-state index in [0.717, 1.165) is 0 Å². The Hall–Kier alpha value is -0.920. The van der Waals surface area contributed by atoms with Crippen molar-refractivity contribution in [2.75, 3.05) is 25.4 Å². The Labute approximate surface area is 152 Å². The van der Waals surface area contributed by atoms with E-state index in [1.807, 2.05) is 27.7 Å². The van der Waals surface area contributed by atoms with E-state index in [4.69, 9.17) is 4.74 Å². The topological polar surface area (TPSA) is 75.7 Å². The maximum atomic E-state index is 12.5. The molecule has 4 atom stereocenters. The Balaban J connectivity index is 1.86. The number of hydrogen-bond donors (Lipinski definition) is 1. The van der Waals surface area contributed by atoms with Crippen LogP contribution in [0.5, 0.6) is 0 Å². The summed E-state index contributed by atoms with van der Waals surface area (Å²) < 4.78 is 32.0. The van der Waals surface area contributed by atoms with E-state index in [1.54, 1.807) is 0 Å². The molecule has 1 aliphatic carbocycles. The van der Waals surface area contributed by atoms with Gasteiger partial charge in [-0.1, -0.05) is 25.5 Å². The number of hydrogen-bond acceptors (Lipinski definition) is 4. The Morgan fingerprint density at radius 1 is 1.24 bits per heavy atom. The van der Waals surface area contributed by atoms with Crippen LogP contribution in [-0.2, 0) is 19.6 Å². The zero-order valence-corrected chi connectivity index (χ0v) is 17.0. The summed E-state index contributed by atoms with van der Waals surface area (Å²) >= 11 is 0. The maximum Gasteiger partial charge on any atom is 0.224 e. The van der Waals surface area contributed by atoms with Crippen molar-refractivity contribution in [3.63, 3.8) is 0 Å². The number of amides is 1. The van der Waals surface area contributed by atoms with E-state index in [9.17, 15) is 13.2 Å². The van der Waals surface area contributed by atoms with Crippen molar-refractivity contribution < 1.29 is 17.9 Å². The predicted octanol–water partition coefficient (Wildman–Crippen LogP) is 1.78. The van der Waals surface area contributed by atoms with Gasteiger partial charge in [0.25, 0.3) is 0 Å². The second kappa shape index (κ2) is 7.37. The number of nitrogens with one attached hydrogen (secondary N) is 1. The molecule has 0 radical (unpaired) electrons. The molecule has 144 valence electrons. The van der Waals surface area contributed by atoms with Gasteiger partial charge in [0.2, 0.25) is 15.9 Å². The lowest BCUT2D eigenvalue weighted by Gasteiger charge is -2.34. The van der Waals surface area contributed by atoms with Crippen LogP contribution in [0.4, 0.5) is 0 Å². The van der Waals surface area contributed by atoms with Gasteiger partial charge in [-0.05, 0) is 39.0 Å².